The molecule has 1 aromatic heterocycles. The van der Waals surface area contributed by atoms with E-state index < -0.39 is 0 Å². The van der Waals surface area contributed by atoms with Gasteiger partial charge in [0.25, 0.3) is 0 Å². The summed E-state index contributed by atoms with van der Waals surface area (Å²) in [6, 6.07) is 2.08. The maximum absolute atomic E-state index is 12.8. The molecule has 2 fully saturated rings. The topological polar surface area (TPSA) is 59.4 Å². The van der Waals surface area contributed by atoms with E-state index in [9.17, 15) is 4.79 Å². The van der Waals surface area contributed by atoms with Gasteiger partial charge in [0, 0.05) is 25.2 Å². The lowest BCUT2D eigenvalue weighted by molar-refractivity contribution is -0.140. The quantitative estimate of drug-likeness (QED) is 0.881. The molecule has 0 saturated carbocycles. The van der Waals surface area contributed by atoms with E-state index in [1.165, 1.54) is 12.8 Å². The molecule has 0 aromatic carbocycles. The summed E-state index contributed by atoms with van der Waals surface area (Å²) in [6.07, 6.45) is 3.08. The zero-order valence-corrected chi connectivity index (χ0v) is 15.8. The maximum Gasteiger partial charge on any atom is 0.223 e. The Bertz CT molecular complexity index is 580. The molecule has 2 aliphatic heterocycles. The van der Waals surface area contributed by atoms with Gasteiger partial charge in [-0.05, 0) is 57.7 Å². The molecule has 3 rings (SSSR count). The van der Waals surface area contributed by atoms with Gasteiger partial charge in [0.2, 0.25) is 5.91 Å². The Morgan fingerprint density at radius 3 is 2.84 bits per heavy atom. The molecule has 2 unspecified atom stereocenters. The smallest absolute Gasteiger partial charge is 0.223 e. The number of nitrogens with one attached hydrogen (secondary N) is 1. The van der Waals surface area contributed by atoms with Crippen molar-refractivity contribution in [3.63, 3.8) is 0 Å². The van der Waals surface area contributed by atoms with Crippen LogP contribution in [0, 0.1) is 25.7 Å². The zero-order chi connectivity index (χ0) is 17.8. The number of carbonyl (C=O) groups is 1. The molecule has 6 heteroatoms. The predicted octanol–water partition coefficient (Wildman–Crippen LogP) is 1.75. The van der Waals surface area contributed by atoms with Gasteiger partial charge in [-0.15, -0.1) is 0 Å². The largest absolute Gasteiger partial charge is 0.373 e. The van der Waals surface area contributed by atoms with Crippen molar-refractivity contribution in [2.75, 3.05) is 32.8 Å². The Morgan fingerprint density at radius 2 is 2.16 bits per heavy atom. The molecule has 1 aromatic rings. The van der Waals surface area contributed by atoms with E-state index in [2.05, 4.69) is 30.3 Å². The van der Waals surface area contributed by atoms with E-state index in [1.54, 1.807) is 0 Å². The van der Waals surface area contributed by atoms with Crippen LogP contribution in [0.4, 0.5) is 0 Å². The molecular formula is C19H32N4O2. The molecule has 0 bridgehead atoms. The highest BCUT2D eigenvalue weighted by Gasteiger charge is 2.28. The van der Waals surface area contributed by atoms with Gasteiger partial charge in [-0.3, -0.25) is 9.48 Å². The van der Waals surface area contributed by atoms with E-state index in [4.69, 9.17) is 4.74 Å². The third-order valence-corrected chi connectivity index (χ3v) is 5.66. The van der Waals surface area contributed by atoms with E-state index in [1.807, 2.05) is 16.5 Å². The Labute approximate surface area is 150 Å². The summed E-state index contributed by atoms with van der Waals surface area (Å²) in [5.74, 6) is 1.43. The minimum Gasteiger partial charge on any atom is -0.373 e. The van der Waals surface area contributed by atoms with Crippen LogP contribution in [0.3, 0.4) is 0 Å². The van der Waals surface area contributed by atoms with Crippen molar-refractivity contribution >= 4 is 5.91 Å². The van der Waals surface area contributed by atoms with Crippen LogP contribution in [0.5, 0.6) is 0 Å². The monoisotopic (exact) mass is 348 g/mol. The summed E-state index contributed by atoms with van der Waals surface area (Å²) in [5.41, 5.74) is 2.17. The number of hydrogen-bond acceptors (Lipinski definition) is 4. The molecule has 3 heterocycles. The molecule has 25 heavy (non-hydrogen) atoms. The molecule has 6 nitrogen and oxygen atoms in total. The van der Waals surface area contributed by atoms with Crippen LogP contribution in [-0.2, 0) is 16.1 Å². The van der Waals surface area contributed by atoms with Crippen molar-refractivity contribution in [2.45, 2.75) is 52.7 Å². The van der Waals surface area contributed by atoms with Crippen molar-refractivity contribution in [3.05, 3.63) is 17.5 Å². The number of aryl methyl sites for hydroxylation is 2. The molecular weight excluding hydrogens is 316 g/mol. The van der Waals surface area contributed by atoms with Gasteiger partial charge in [-0.25, -0.2) is 0 Å². The maximum atomic E-state index is 12.8. The number of amides is 1. The summed E-state index contributed by atoms with van der Waals surface area (Å²) in [5, 5.41) is 7.91. The fourth-order valence-electron chi connectivity index (χ4n) is 4.09. The first-order valence-corrected chi connectivity index (χ1v) is 9.64. The average molecular weight is 348 g/mol. The third-order valence-electron chi connectivity index (χ3n) is 5.66. The fraction of sp³-hybridized carbons (Fsp3) is 0.789. The van der Waals surface area contributed by atoms with Gasteiger partial charge in [0.1, 0.15) is 0 Å². The van der Waals surface area contributed by atoms with Crippen molar-refractivity contribution < 1.29 is 9.53 Å². The highest BCUT2D eigenvalue weighted by Crippen LogP contribution is 2.25. The standard InChI is InChI=1S/C19H32N4O2/c1-14(17-4-6-20-7-5-17)10-19(24)22-8-9-25-18(12-22)13-23-16(3)11-15(2)21-23/h11,14,17-18,20H,4-10,12-13H2,1-3H3. The normalized spacial score (nSPS) is 23.6. The van der Waals surface area contributed by atoms with Gasteiger partial charge in [-0.2, -0.15) is 5.10 Å². The first-order valence-electron chi connectivity index (χ1n) is 9.64. The third kappa shape index (κ3) is 4.82. The molecule has 2 atom stereocenters. The Kier molecular flexibility index (Phi) is 6.12. The van der Waals surface area contributed by atoms with Gasteiger partial charge in [0.05, 0.1) is 24.9 Å². The van der Waals surface area contributed by atoms with Crippen molar-refractivity contribution in [1.29, 1.82) is 0 Å². The van der Waals surface area contributed by atoms with E-state index >= 15 is 0 Å². The van der Waals surface area contributed by atoms with E-state index in [0.717, 1.165) is 24.5 Å². The first kappa shape index (κ1) is 18.4. The van der Waals surface area contributed by atoms with Crippen LogP contribution in [0.25, 0.3) is 0 Å². The highest BCUT2D eigenvalue weighted by molar-refractivity contribution is 5.76. The van der Waals surface area contributed by atoms with E-state index in [-0.39, 0.29) is 12.0 Å². The number of ether oxygens (including phenoxy) is 1. The van der Waals surface area contributed by atoms with Crippen LogP contribution < -0.4 is 5.32 Å². The second-order valence-electron chi connectivity index (χ2n) is 7.71. The van der Waals surface area contributed by atoms with Crippen LogP contribution in [0.1, 0.15) is 37.6 Å². The minimum atomic E-state index is 0.0323. The number of morpholine rings is 1. The highest BCUT2D eigenvalue weighted by atomic mass is 16.5. The van der Waals surface area contributed by atoms with Crippen molar-refractivity contribution in [3.8, 4) is 0 Å². The lowest BCUT2D eigenvalue weighted by Gasteiger charge is -2.35. The molecule has 0 radical (unpaired) electrons. The van der Waals surface area contributed by atoms with Crippen LogP contribution in [-0.4, -0.2) is 59.5 Å². The lowest BCUT2D eigenvalue weighted by atomic mass is 9.84. The van der Waals surface area contributed by atoms with Crippen LogP contribution >= 0.6 is 0 Å². The summed E-state index contributed by atoms with van der Waals surface area (Å²) < 4.78 is 7.88. The molecule has 140 valence electrons. The molecule has 1 N–H and O–H groups in total. The summed E-state index contributed by atoms with van der Waals surface area (Å²) in [4.78, 5) is 14.7. The predicted molar refractivity (Wildman–Crippen MR) is 97.4 cm³/mol. The number of aromatic nitrogens is 2. The van der Waals surface area contributed by atoms with Crippen LogP contribution in [0.15, 0.2) is 6.07 Å². The number of piperidine rings is 1. The number of rotatable bonds is 5. The molecule has 2 aliphatic rings. The lowest BCUT2D eigenvalue weighted by Crippen LogP contribution is -2.47. The molecule has 1 amide bonds. The second kappa shape index (κ2) is 8.32. The number of carbonyl (C=O) groups excluding carboxylic acids is 1. The zero-order valence-electron chi connectivity index (χ0n) is 15.8. The minimum absolute atomic E-state index is 0.0323. The van der Waals surface area contributed by atoms with Crippen molar-refractivity contribution in [2.24, 2.45) is 11.8 Å². The molecule has 0 aliphatic carbocycles. The van der Waals surface area contributed by atoms with E-state index in [0.29, 0.717) is 44.5 Å². The molecule has 2 saturated heterocycles. The van der Waals surface area contributed by atoms with Crippen molar-refractivity contribution in [1.82, 2.24) is 20.0 Å². The Balaban J connectivity index is 1.51. The number of hydrogen-bond donors (Lipinski definition) is 1. The van der Waals surface area contributed by atoms with Gasteiger partial charge in [0.15, 0.2) is 0 Å². The first-order chi connectivity index (χ1) is 12.0. The Hall–Kier alpha value is -1.40. The number of nitrogens with zero attached hydrogens (tertiary/aromatic N) is 3. The van der Waals surface area contributed by atoms with Gasteiger partial charge < -0.3 is 15.0 Å². The Morgan fingerprint density at radius 1 is 1.40 bits per heavy atom. The summed E-state index contributed by atoms with van der Waals surface area (Å²) >= 11 is 0. The fourth-order valence-corrected chi connectivity index (χ4v) is 4.09. The van der Waals surface area contributed by atoms with Crippen LogP contribution in [0.2, 0.25) is 0 Å². The summed E-state index contributed by atoms with van der Waals surface area (Å²) in [6.45, 7) is 11.2. The van der Waals surface area contributed by atoms with Gasteiger partial charge in [-0.1, -0.05) is 6.92 Å². The SMILES string of the molecule is Cc1cc(C)n(CC2CN(C(=O)CC(C)C3CCNCC3)CCO2)n1. The van der Waals surface area contributed by atoms with Gasteiger partial charge >= 0.3 is 0 Å². The average Bonchev–Trinajstić information content (AvgIpc) is 2.93. The molecule has 0 spiro atoms. The second-order valence-corrected chi connectivity index (χ2v) is 7.71. The summed E-state index contributed by atoms with van der Waals surface area (Å²) in [7, 11) is 0.